The van der Waals surface area contributed by atoms with Gasteiger partial charge in [0.25, 0.3) is 0 Å². The number of nitrogens with one attached hydrogen (secondary N) is 3. The molecule has 0 saturated carbocycles. The first-order valence-corrected chi connectivity index (χ1v) is 5.83. The monoisotopic (exact) mass is 271 g/mol. The van der Waals surface area contributed by atoms with E-state index in [9.17, 15) is 4.79 Å². The molecule has 0 unspecified atom stereocenters. The van der Waals surface area contributed by atoms with E-state index in [0.29, 0.717) is 15.8 Å². The van der Waals surface area contributed by atoms with Gasteiger partial charge in [0.15, 0.2) is 5.11 Å². The number of rotatable bonds is 3. The zero-order chi connectivity index (χ0) is 12.8. The van der Waals surface area contributed by atoms with Gasteiger partial charge < -0.3 is 16.0 Å². The quantitative estimate of drug-likeness (QED) is 0.733. The van der Waals surface area contributed by atoms with E-state index in [1.54, 1.807) is 25.2 Å². The molecule has 0 aromatic heterocycles. The SMILES string of the molecule is CNC(=S)NCC(=O)Nc1cccc(Cl)c1C. The van der Waals surface area contributed by atoms with Gasteiger partial charge in [-0.3, -0.25) is 4.79 Å². The van der Waals surface area contributed by atoms with Crippen LogP contribution < -0.4 is 16.0 Å². The fourth-order valence-electron chi connectivity index (χ4n) is 1.19. The molecule has 0 fully saturated rings. The predicted octanol–water partition coefficient (Wildman–Crippen LogP) is 1.68. The Morgan fingerprint density at radius 1 is 1.47 bits per heavy atom. The third-order valence-corrected chi connectivity index (χ3v) is 2.94. The van der Waals surface area contributed by atoms with Crippen molar-refractivity contribution in [3.63, 3.8) is 0 Å². The van der Waals surface area contributed by atoms with Crippen molar-refractivity contribution in [3.05, 3.63) is 28.8 Å². The first-order chi connectivity index (χ1) is 8.04. The predicted molar refractivity (Wildman–Crippen MR) is 74.5 cm³/mol. The third kappa shape index (κ3) is 4.20. The molecule has 0 radical (unpaired) electrons. The molecule has 3 N–H and O–H groups in total. The second-order valence-electron chi connectivity index (χ2n) is 3.39. The smallest absolute Gasteiger partial charge is 0.243 e. The number of carbonyl (C=O) groups excluding carboxylic acids is 1. The highest BCUT2D eigenvalue weighted by Crippen LogP contribution is 2.22. The van der Waals surface area contributed by atoms with E-state index < -0.39 is 0 Å². The zero-order valence-electron chi connectivity index (χ0n) is 9.63. The minimum Gasteiger partial charge on any atom is -0.366 e. The van der Waals surface area contributed by atoms with E-state index in [1.807, 2.05) is 6.92 Å². The molecule has 1 amide bonds. The highest BCUT2D eigenvalue weighted by molar-refractivity contribution is 7.80. The van der Waals surface area contributed by atoms with E-state index in [-0.39, 0.29) is 12.5 Å². The van der Waals surface area contributed by atoms with Gasteiger partial charge in [-0.05, 0) is 36.8 Å². The van der Waals surface area contributed by atoms with Crippen LogP contribution in [-0.4, -0.2) is 24.6 Å². The molecule has 1 aromatic rings. The van der Waals surface area contributed by atoms with Crippen LogP contribution in [-0.2, 0) is 4.79 Å². The van der Waals surface area contributed by atoms with Crippen LogP contribution in [0.15, 0.2) is 18.2 Å². The third-order valence-electron chi connectivity index (χ3n) is 2.18. The standard InChI is InChI=1S/C11H14ClN3OS/c1-7-8(12)4-3-5-9(7)15-10(16)6-14-11(17)13-2/h3-5H,6H2,1-2H3,(H,15,16)(H2,13,14,17). The van der Waals surface area contributed by atoms with Gasteiger partial charge in [0.2, 0.25) is 5.91 Å². The van der Waals surface area contributed by atoms with Crippen molar-refractivity contribution in [2.75, 3.05) is 18.9 Å². The molecular formula is C11H14ClN3OS. The number of amides is 1. The van der Waals surface area contributed by atoms with Crippen LogP contribution in [0, 0.1) is 6.92 Å². The average molecular weight is 272 g/mol. The summed E-state index contributed by atoms with van der Waals surface area (Å²) in [6.45, 7) is 1.97. The topological polar surface area (TPSA) is 53.2 Å². The van der Waals surface area contributed by atoms with E-state index in [1.165, 1.54) is 0 Å². The molecule has 0 atom stereocenters. The lowest BCUT2D eigenvalue weighted by molar-refractivity contribution is -0.115. The molecule has 4 nitrogen and oxygen atoms in total. The van der Waals surface area contributed by atoms with Crippen molar-refractivity contribution in [1.82, 2.24) is 10.6 Å². The number of benzene rings is 1. The largest absolute Gasteiger partial charge is 0.366 e. The van der Waals surface area contributed by atoms with Crippen LogP contribution in [0.4, 0.5) is 5.69 Å². The van der Waals surface area contributed by atoms with E-state index in [0.717, 1.165) is 5.56 Å². The summed E-state index contributed by atoms with van der Waals surface area (Å²) in [5.41, 5.74) is 1.55. The first-order valence-electron chi connectivity index (χ1n) is 5.05. The number of hydrogen-bond acceptors (Lipinski definition) is 2. The molecule has 0 saturated heterocycles. The highest BCUT2D eigenvalue weighted by atomic mass is 35.5. The van der Waals surface area contributed by atoms with Gasteiger partial charge in [-0.25, -0.2) is 0 Å². The van der Waals surface area contributed by atoms with Crippen molar-refractivity contribution in [1.29, 1.82) is 0 Å². The average Bonchev–Trinajstić information content (AvgIpc) is 2.32. The van der Waals surface area contributed by atoms with Crippen LogP contribution in [0.1, 0.15) is 5.56 Å². The number of anilines is 1. The summed E-state index contributed by atoms with van der Waals surface area (Å²) < 4.78 is 0. The maximum atomic E-state index is 11.6. The Labute approximate surface area is 111 Å². The Morgan fingerprint density at radius 2 is 2.18 bits per heavy atom. The Balaban J connectivity index is 2.56. The van der Waals surface area contributed by atoms with Gasteiger partial charge in [0.05, 0.1) is 6.54 Å². The molecule has 1 rings (SSSR count). The van der Waals surface area contributed by atoms with Gasteiger partial charge >= 0.3 is 0 Å². The molecule has 0 heterocycles. The fraction of sp³-hybridized carbons (Fsp3) is 0.273. The van der Waals surface area contributed by atoms with Crippen molar-refractivity contribution in [2.45, 2.75) is 6.92 Å². The molecule has 0 aliphatic carbocycles. The Bertz CT molecular complexity index is 437. The van der Waals surface area contributed by atoms with Crippen LogP contribution in [0.2, 0.25) is 5.02 Å². The van der Waals surface area contributed by atoms with Gasteiger partial charge in [-0.15, -0.1) is 0 Å². The van der Waals surface area contributed by atoms with Crippen molar-refractivity contribution in [3.8, 4) is 0 Å². The molecule has 6 heteroatoms. The lowest BCUT2D eigenvalue weighted by atomic mass is 10.2. The van der Waals surface area contributed by atoms with Crippen molar-refractivity contribution in [2.24, 2.45) is 0 Å². The van der Waals surface area contributed by atoms with E-state index in [2.05, 4.69) is 16.0 Å². The summed E-state index contributed by atoms with van der Waals surface area (Å²) in [6.07, 6.45) is 0. The minimum atomic E-state index is -0.173. The van der Waals surface area contributed by atoms with Gasteiger partial charge in [-0.1, -0.05) is 17.7 Å². The first kappa shape index (κ1) is 13.7. The maximum absolute atomic E-state index is 11.6. The second-order valence-corrected chi connectivity index (χ2v) is 4.21. The molecule has 0 spiro atoms. The number of thiocarbonyl (C=S) groups is 1. The van der Waals surface area contributed by atoms with Crippen molar-refractivity contribution < 1.29 is 4.79 Å². The number of carbonyl (C=O) groups is 1. The van der Waals surface area contributed by atoms with Gasteiger partial charge in [0, 0.05) is 17.8 Å². The van der Waals surface area contributed by atoms with Crippen LogP contribution in [0.5, 0.6) is 0 Å². The Hall–Kier alpha value is -1.33. The van der Waals surface area contributed by atoms with Gasteiger partial charge in [0.1, 0.15) is 0 Å². The van der Waals surface area contributed by atoms with Crippen molar-refractivity contribution >= 4 is 40.5 Å². The highest BCUT2D eigenvalue weighted by Gasteiger charge is 2.06. The molecule has 17 heavy (non-hydrogen) atoms. The number of hydrogen-bond donors (Lipinski definition) is 3. The molecule has 0 aliphatic rings. The lowest BCUT2D eigenvalue weighted by Crippen LogP contribution is -2.38. The molecular weight excluding hydrogens is 258 g/mol. The maximum Gasteiger partial charge on any atom is 0.243 e. The summed E-state index contributed by atoms with van der Waals surface area (Å²) in [5, 5.41) is 9.30. The second kappa shape index (κ2) is 6.42. The zero-order valence-corrected chi connectivity index (χ0v) is 11.2. The Kier molecular flexibility index (Phi) is 5.18. The molecule has 0 aliphatic heterocycles. The number of halogens is 1. The van der Waals surface area contributed by atoms with E-state index in [4.69, 9.17) is 23.8 Å². The molecule has 1 aromatic carbocycles. The summed E-state index contributed by atoms with van der Waals surface area (Å²) in [7, 11) is 1.69. The fourth-order valence-corrected chi connectivity index (χ4v) is 1.43. The normalized spacial score (nSPS) is 9.59. The van der Waals surface area contributed by atoms with E-state index >= 15 is 0 Å². The Morgan fingerprint density at radius 3 is 2.82 bits per heavy atom. The summed E-state index contributed by atoms with van der Waals surface area (Å²) in [6, 6.07) is 5.37. The lowest BCUT2D eigenvalue weighted by Gasteiger charge is -2.10. The van der Waals surface area contributed by atoms with Crippen LogP contribution in [0.3, 0.4) is 0 Å². The van der Waals surface area contributed by atoms with Crippen LogP contribution >= 0.6 is 23.8 Å². The summed E-state index contributed by atoms with van der Waals surface area (Å²) >= 11 is 10.8. The minimum absolute atomic E-state index is 0.117. The summed E-state index contributed by atoms with van der Waals surface area (Å²) in [4.78, 5) is 11.6. The summed E-state index contributed by atoms with van der Waals surface area (Å²) in [5.74, 6) is -0.173. The molecule has 0 bridgehead atoms. The van der Waals surface area contributed by atoms with Gasteiger partial charge in [-0.2, -0.15) is 0 Å². The van der Waals surface area contributed by atoms with Crippen LogP contribution in [0.25, 0.3) is 0 Å². The molecule has 92 valence electrons.